The van der Waals surface area contributed by atoms with Crippen molar-refractivity contribution in [3.05, 3.63) is 28.2 Å². The van der Waals surface area contributed by atoms with E-state index < -0.39 is 5.97 Å². The molecule has 1 aliphatic rings. The average Bonchev–Trinajstić information content (AvgIpc) is 2.50. The van der Waals surface area contributed by atoms with E-state index in [-0.39, 0.29) is 29.8 Å². The second kappa shape index (κ2) is 8.45. The number of esters is 1. The third kappa shape index (κ3) is 5.50. The third-order valence-electron chi connectivity index (χ3n) is 3.97. The number of hydrogen-bond donors (Lipinski definition) is 1. The molecule has 0 aromatic carbocycles. The average molecular weight is 321 g/mol. The van der Waals surface area contributed by atoms with Gasteiger partial charge in [0.15, 0.2) is 12.3 Å². The van der Waals surface area contributed by atoms with E-state index in [9.17, 15) is 14.4 Å². The third-order valence-corrected chi connectivity index (χ3v) is 3.97. The summed E-state index contributed by atoms with van der Waals surface area (Å²) in [6.45, 7) is -0.333. The van der Waals surface area contributed by atoms with E-state index in [1.54, 1.807) is 0 Å². The van der Waals surface area contributed by atoms with Gasteiger partial charge in [0, 0.05) is 19.2 Å². The maximum absolute atomic E-state index is 11.9. The number of nitrogens with zero attached hydrogens (tertiary/aromatic N) is 2. The minimum absolute atomic E-state index is 0.00542. The fraction of sp³-hybridized carbons (Fsp3) is 0.625. The second-order valence-electron chi connectivity index (χ2n) is 5.87. The molecular formula is C16H23N3O4. The first-order valence-corrected chi connectivity index (χ1v) is 8.07. The lowest BCUT2D eigenvalue weighted by Gasteiger charge is -2.20. The van der Waals surface area contributed by atoms with Gasteiger partial charge in [-0.25, -0.2) is 9.48 Å². The minimum Gasteiger partial charge on any atom is -0.451 e. The van der Waals surface area contributed by atoms with Gasteiger partial charge in [-0.15, -0.1) is 0 Å². The molecule has 7 nitrogen and oxygen atoms in total. The van der Waals surface area contributed by atoms with Crippen molar-refractivity contribution in [1.29, 1.82) is 0 Å². The Hall–Kier alpha value is -2.18. The Morgan fingerprint density at radius 1 is 1.22 bits per heavy atom. The van der Waals surface area contributed by atoms with Crippen LogP contribution in [0.2, 0.25) is 0 Å². The van der Waals surface area contributed by atoms with Crippen LogP contribution in [0.3, 0.4) is 0 Å². The van der Waals surface area contributed by atoms with E-state index in [1.165, 1.54) is 38.4 Å². The van der Waals surface area contributed by atoms with Gasteiger partial charge in [-0.1, -0.05) is 32.1 Å². The summed E-state index contributed by atoms with van der Waals surface area (Å²) in [5.41, 5.74) is -0.311. The monoisotopic (exact) mass is 321 g/mol. The zero-order valence-electron chi connectivity index (χ0n) is 13.4. The van der Waals surface area contributed by atoms with E-state index in [4.69, 9.17) is 4.74 Å². The van der Waals surface area contributed by atoms with Gasteiger partial charge < -0.3 is 10.1 Å². The van der Waals surface area contributed by atoms with Gasteiger partial charge in [0.05, 0.1) is 0 Å². The number of amides is 1. The number of carbonyl (C=O) groups is 2. The molecule has 1 amide bonds. The van der Waals surface area contributed by atoms with Crippen LogP contribution in [0, 0.1) is 0 Å². The molecule has 1 N–H and O–H groups in total. The van der Waals surface area contributed by atoms with Crippen molar-refractivity contribution in [2.75, 3.05) is 6.61 Å². The van der Waals surface area contributed by atoms with Gasteiger partial charge in [-0.2, -0.15) is 5.10 Å². The van der Waals surface area contributed by atoms with Crippen molar-refractivity contribution in [1.82, 2.24) is 15.1 Å². The van der Waals surface area contributed by atoms with Crippen molar-refractivity contribution >= 4 is 11.9 Å². The summed E-state index contributed by atoms with van der Waals surface area (Å²) in [6, 6.07) is 2.69. The van der Waals surface area contributed by atoms with Gasteiger partial charge in [0.25, 0.3) is 11.5 Å². The van der Waals surface area contributed by atoms with Crippen LogP contribution in [-0.2, 0) is 16.6 Å². The van der Waals surface area contributed by atoms with Crippen molar-refractivity contribution in [2.45, 2.75) is 51.0 Å². The molecule has 7 heteroatoms. The molecule has 0 atom stereocenters. The molecule has 0 radical (unpaired) electrons. The Kier molecular flexibility index (Phi) is 6.31. The van der Waals surface area contributed by atoms with Crippen molar-refractivity contribution in [3.63, 3.8) is 0 Å². The van der Waals surface area contributed by atoms with Crippen LogP contribution >= 0.6 is 0 Å². The van der Waals surface area contributed by atoms with Crippen molar-refractivity contribution < 1.29 is 14.3 Å². The van der Waals surface area contributed by atoms with Crippen LogP contribution in [0.1, 0.15) is 55.4 Å². The van der Waals surface area contributed by atoms with Crippen LogP contribution in [-0.4, -0.2) is 34.3 Å². The Morgan fingerprint density at radius 3 is 2.52 bits per heavy atom. The Balaban J connectivity index is 1.79. The highest BCUT2D eigenvalue weighted by atomic mass is 16.5. The molecule has 0 saturated heterocycles. The maximum atomic E-state index is 11.9. The normalized spacial score (nSPS) is 16.2. The molecule has 0 spiro atoms. The smallest absolute Gasteiger partial charge is 0.359 e. The molecule has 0 unspecified atom stereocenters. The molecule has 1 saturated carbocycles. The van der Waals surface area contributed by atoms with Crippen molar-refractivity contribution in [3.8, 4) is 0 Å². The Morgan fingerprint density at radius 2 is 1.87 bits per heavy atom. The molecular weight excluding hydrogens is 298 g/mol. The first-order chi connectivity index (χ1) is 11.1. The lowest BCUT2D eigenvalue weighted by Crippen LogP contribution is -2.38. The lowest BCUT2D eigenvalue weighted by atomic mass is 9.97. The lowest BCUT2D eigenvalue weighted by molar-refractivity contribution is -0.125. The van der Waals surface area contributed by atoms with E-state index in [2.05, 4.69) is 10.4 Å². The second-order valence-corrected chi connectivity index (χ2v) is 5.87. The number of aromatic nitrogens is 2. The molecule has 0 bridgehead atoms. The SMILES string of the molecule is Cn1nc(C(=O)OCC(=O)NC2CCCCCCC2)ccc1=O. The van der Waals surface area contributed by atoms with Gasteiger partial charge in [-0.05, 0) is 18.9 Å². The summed E-state index contributed by atoms with van der Waals surface area (Å²) >= 11 is 0. The number of ether oxygens (including phenoxy) is 1. The van der Waals surface area contributed by atoms with E-state index in [0.717, 1.165) is 30.4 Å². The molecule has 126 valence electrons. The summed E-state index contributed by atoms with van der Waals surface area (Å²) in [5.74, 6) is -1.01. The van der Waals surface area contributed by atoms with Crippen LogP contribution in [0.4, 0.5) is 0 Å². The molecule has 1 aliphatic carbocycles. The van der Waals surface area contributed by atoms with Crippen molar-refractivity contribution in [2.24, 2.45) is 7.05 Å². The van der Waals surface area contributed by atoms with Gasteiger partial charge in [0.2, 0.25) is 0 Å². The molecule has 1 fully saturated rings. The molecule has 1 heterocycles. The van der Waals surface area contributed by atoms with E-state index in [0.29, 0.717) is 0 Å². The quantitative estimate of drug-likeness (QED) is 0.841. The van der Waals surface area contributed by atoms with E-state index in [1.807, 2.05) is 0 Å². The number of rotatable bonds is 4. The maximum Gasteiger partial charge on any atom is 0.359 e. The predicted octanol–water partition coefficient (Wildman–Crippen LogP) is 1.17. The number of nitrogens with one attached hydrogen (secondary N) is 1. The summed E-state index contributed by atoms with van der Waals surface area (Å²) in [6.07, 6.45) is 7.87. The fourth-order valence-electron chi connectivity index (χ4n) is 2.69. The molecule has 1 aromatic rings. The minimum atomic E-state index is -0.714. The highest BCUT2D eigenvalue weighted by Gasteiger charge is 2.16. The van der Waals surface area contributed by atoms with Crippen LogP contribution < -0.4 is 10.9 Å². The standard InChI is InChI=1S/C16H23N3O4/c1-19-15(21)10-9-13(18-19)16(22)23-11-14(20)17-12-7-5-3-2-4-6-8-12/h9-10,12H,2-8,11H2,1H3,(H,17,20). The number of aryl methyl sites for hydroxylation is 1. The molecule has 0 aliphatic heterocycles. The summed E-state index contributed by atoms with van der Waals surface area (Å²) in [5, 5.41) is 6.71. The zero-order chi connectivity index (χ0) is 16.7. The first-order valence-electron chi connectivity index (χ1n) is 8.07. The Bertz CT molecular complexity index is 604. The first kappa shape index (κ1) is 17.2. The van der Waals surface area contributed by atoms with Gasteiger partial charge in [0.1, 0.15) is 0 Å². The van der Waals surface area contributed by atoms with Gasteiger partial charge >= 0.3 is 5.97 Å². The van der Waals surface area contributed by atoms with E-state index >= 15 is 0 Å². The summed E-state index contributed by atoms with van der Waals surface area (Å²) in [7, 11) is 1.44. The van der Waals surface area contributed by atoms with Gasteiger partial charge in [-0.3, -0.25) is 9.59 Å². The highest BCUT2D eigenvalue weighted by molar-refractivity contribution is 5.89. The molecule has 23 heavy (non-hydrogen) atoms. The highest BCUT2D eigenvalue weighted by Crippen LogP contribution is 2.16. The summed E-state index contributed by atoms with van der Waals surface area (Å²) < 4.78 is 6.00. The largest absolute Gasteiger partial charge is 0.451 e. The Labute approximate surface area is 135 Å². The van der Waals surface area contributed by atoms with Crippen LogP contribution in [0.15, 0.2) is 16.9 Å². The number of hydrogen-bond acceptors (Lipinski definition) is 5. The molecule has 1 aromatic heterocycles. The molecule has 2 rings (SSSR count). The summed E-state index contributed by atoms with van der Waals surface area (Å²) in [4.78, 5) is 34.9. The van der Waals surface area contributed by atoms with Crippen LogP contribution in [0.25, 0.3) is 0 Å². The fourth-order valence-corrected chi connectivity index (χ4v) is 2.69. The zero-order valence-corrected chi connectivity index (χ0v) is 13.4. The van der Waals surface area contributed by atoms with Crippen LogP contribution in [0.5, 0.6) is 0 Å². The predicted molar refractivity (Wildman–Crippen MR) is 84.0 cm³/mol. The topological polar surface area (TPSA) is 90.3 Å². The number of carbonyl (C=O) groups excluding carboxylic acids is 2.